The summed E-state index contributed by atoms with van der Waals surface area (Å²) < 4.78 is 0.915. The Balaban J connectivity index is 1.25. The van der Waals surface area contributed by atoms with Crippen molar-refractivity contribution >= 4 is 38.3 Å². The van der Waals surface area contributed by atoms with Gasteiger partial charge in [0.05, 0.1) is 22.6 Å². The number of hydrogen-bond acceptors (Lipinski definition) is 5. The third-order valence-corrected chi connectivity index (χ3v) is 7.06. The molecule has 0 unspecified atom stereocenters. The van der Waals surface area contributed by atoms with Gasteiger partial charge in [-0.25, -0.2) is 4.98 Å². The van der Waals surface area contributed by atoms with Crippen molar-refractivity contribution in [3.8, 4) is 11.1 Å². The summed E-state index contributed by atoms with van der Waals surface area (Å²) in [5, 5.41) is 3.52. The second-order valence-electron chi connectivity index (χ2n) is 7.41. The van der Waals surface area contributed by atoms with Crippen molar-refractivity contribution in [1.82, 2.24) is 14.8 Å². The lowest BCUT2D eigenvalue weighted by atomic mass is 10.0. The number of benzene rings is 2. The van der Waals surface area contributed by atoms with Crippen molar-refractivity contribution in [2.75, 3.05) is 38.0 Å². The van der Waals surface area contributed by atoms with E-state index < -0.39 is 0 Å². The summed E-state index contributed by atoms with van der Waals surface area (Å²) in [5.74, 6) is -0.00291. The quantitative estimate of drug-likeness (QED) is 0.622. The molecule has 1 N–H and O–H groups in total. The number of halogens is 1. The number of carbonyl (C=O) groups is 1. The smallest absolute Gasteiger partial charge is 0.240 e. The Hall–Kier alpha value is -2.06. The number of nitrogens with one attached hydrogen (secondary N) is 1. The van der Waals surface area contributed by atoms with Gasteiger partial charge in [-0.1, -0.05) is 59.9 Å². The van der Waals surface area contributed by atoms with Crippen molar-refractivity contribution in [3.63, 3.8) is 0 Å². The Morgan fingerprint density at radius 2 is 1.66 bits per heavy atom. The van der Waals surface area contributed by atoms with Crippen LogP contribution in [0, 0.1) is 0 Å². The molecule has 29 heavy (non-hydrogen) atoms. The van der Waals surface area contributed by atoms with E-state index in [9.17, 15) is 4.79 Å². The predicted molar refractivity (Wildman–Crippen MR) is 120 cm³/mol. The molecule has 5 rings (SSSR count). The van der Waals surface area contributed by atoms with Gasteiger partial charge in [0, 0.05) is 26.2 Å². The maximum Gasteiger partial charge on any atom is 0.240 e. The lowest BCUT2D eigenvalue weighted by molar-refractivity contribution is -0.117. The maximum atomic E-state index is 12.3. The van der Waals surface area contributed by atoms with Crippen molar-refractivity contribution in [2.24, 2.45) is 0 Å². The number of piperazine rings is 1. The van der Waals surface area contributed by atoms with E-state index in [0.717, 1.165) is 30.0 Å². The summed E-state index contributed by atoms with van der Waals surface area (Å²) >= 11 is 4.80. The van der Waals surface area contributed by atoms with Gasteiger partial charge in [0.2, 0.25) is 5.91 Å². The van der Waals surface area contributed by atoms with Crippen LogP contribution in [0.2, 0.25) is 0 Å². The van der Waals surface area contributed by atoms with Gasteiger partial charge >= 0.3 is 0 Å². The number of anilines is 1. The zero-order valence-corrected chi connectivity index (χ0v) is 18.2. The van der Waals surface area contributed by atoms with Gasteiger partial charge in [0.25, 0.3) is 0 Å². The molecular formula is C22H21BrN4OS. The molecule has 2 aromatic carbocycles. The molecule has 3 aromatic rings. The Labute approximate surface area is 182 Å². The molecule has 1 aliphatic heterocycles. The summed E-state index contributed by atoms with van der Waals surface area (Å²) in [7, 11) is 0. The Morgan fingerprint density at radius 3 is 2.24 bits per heavy atom. The SMILES string of the molecule is O=C(CN1CCN(C2c3ccccc3-c3ccccc32)CC1)Nc1ncc(Br)s1. The number of thiazole rings is 1. The van der Waals surface area contributed by atoms with Crippen molar-refractivity contribution in [2.45, 2.75) is 6.04 Å². The molecule has 0 bridgehead atoms. The molecule has 0 atom stereocenters. The van der Waals surface area contributed by atoms with E-state index in [1.807, 2.05) is 0 Å². The minimum atomic E-state index is -0.00291. The van der Waals surface area contributed by atoms with E-state index in [0.29, 0.717) is 17.7 Å². The van der Waals surface area contributed by atoms with Gasteiger partial charge in [-0.05, 0) is 38.2 Å². The highest BCUT2D eigenvalue weighted by molar-refractivity contribution is 9.11. The monoisotopic (exact) mass is 468 g/mol. The molecule has 0 spiro atoms. The number of fused-ring (bicyclic) bond motifs is 3. The third kappa shape index (κ3) is 3.75. The first-order valence-corrected chi connectivity index (χ1v) is 11.4. The standard InChI is InChI=1S/C22H21BrN4OS/c23-19-13-24-22(29-19)25-20(28)14-26-9-11-27(12-10-26)21-17-7-3-1-5-15(17)16-6-2-4-8-18(16)21/h1-8,13,21H,9-12,14H2,(H,24,25,28). The van der Waals surface area contributed by atoms with Gasteiger partial charge in [0.15, 0.2) is 5.13 Å². The molecule has 1 saturated heterocycles. The molecule has 2 heterocycles. The molecule has 148 valence electrons. The van der Waals surface area contributed by atoms with Gasteiger partial charge < -0.3 is 5.32 Å². The number of carbonyl (C=O) groups excluding carboxylic acids is 1. The van der Waals surface area contributed by atoms with E-state index in [2.05, 4.69) is 84.6 Å². The van der Waals surface area contributed by atoms with Crippen LogP contribution in [0.15, 0.2) is 58.5 Å². The fourth-order valence-electron chi connectivity index (χ4n) is 4.38. The lowest BCUT2D eigenvalue weighted by Crippen LogP contribution is -2.49. The highest BCUT2D eigenvalue weighted by atomic mass is 79.9. The minimum Gasteiger partial charge on any atom is -0.301 e. The summed E-state index contributed by atoms with van der Waals surface area (Å²) in [6.07, 6.45) is 1.70. The molecule has 7 heteroatoms. The number of rotatable bonds is 4. The average Bonchev–Trinajstić information content (AvgIpc) is 3.29. The zero-order valence-electron chi connectivity index (χ0n) is 15.8. The highest BCUT2D eigenvalue weighted by Crippen LogP contribution is 2.46. The molecule has 2 aliphatic rings. The number of aromatic nitrogens is 1. The molecule has 1 amide bonds. The van der Waals surface area contributed by atoms with Gasteiger partial charge in [0.1, 0.15) is 0 Å². The average molecular weight is 469 g/mol. The van der Waals surface area contributed by atoms with Crippen LogP contribution >= 0.6 is 27.3 Å². The molecule has 1 fully saturated rings. The maximum absolute atomic E-state index is 12.3. The van der Waals surface area contributed by atoms with Crippen LogP contribution in [-0.4, -0.2) is 53.4 Å². The number of amides is 1. The first kappa shape index (κ1) is 18.9. The topological polar surface area (TPSA) is 48.5 Å². The Kier molecular flexibility index (Phi) is 5.22. The van der Waals surface area contributed by atoms with Crippen LogP contribution < -0.4 is 5.32 Å². The van der Waals surface area contributed by atoms with Crippen molar-refractivity contribution in [3.05, 3.63) is 69.6 Å². The third-order valence-electron chi connectivity index (χ3n) is 5.66. The van der Waals surface area contributed by atoms with Gasteiger partial charge in [-0.3, -0.25) is 14.6 Å². The summed E-state index contributed by atoms with van der Waals surface area (Å²) in [4.78, 5) is 21.3. The molecule has 5 nitrogen and oxygen atoms in total. The highest BCUT2D eigenvalue weighted by Gasteiger charge is 2.34. The van der Waals surface area contributed by atoms with Crippen LogP contribution in [0.5, 0.6) is 0 Å². The summed E-state index contributed by atoms with van der Waals surface area (Å²) in [5.41, 5.74) is 5.50. The number of nitrogens with zero attached hydrogens (tertiary/aromatic N) is 3. The molecule has 1 aromatic heterocycles. The van der Waals surface area contributed by atoms with E-state index in [1.54, 1.807) is 6.20 Å². The van der Waals surface area contributed by atoms with E-state index in [1.165, 1.54) is 33.6 Å². The normalized spacial score (nSPS) is 17.1. The van der Waals surface area contributed by atoms with Crippen LogP contribution in [0.25, 0.3) is 11.1 Å². The van der Waals surface area contributed by atoms with E-state index >= 15 is 0 Å². The van der Waals surface area contributed by atoms with Crippen LogP contribution in [-0.2, 0) is 4.79 Å². The lowest BCUT2D eigenvalue weighted by Gasteiger charge is -2.38. The molecule has 0 radical (unpaired) electrons. The Morgan fingerprint density at radius 1 is 1.03 bits per heavy atom. The van der Waals surface area contributed by atoms with Gasteiger partial charge in [-0.2, -0.15) is 0 Å². The fourth-order valence-corrected chi connectivity index (χ4v) is 5.50. The summed E-state index contributed by atoms with van der Waals surface area (Å²) in [6, 6.07) is 17.8. The molecular weight excluding hydrogens is 448 g/mol. The van der Waals surface area contributed by atoms with Crippen LogP contribution in [0.4, 0.5) is 5.13 Å². The first-order chi connectivity index (χ1) is 14.2. The van der Waals surface area contributed by atoms with Crippen LogP contribution in [0.1, 0.15) is 17.2 Å². The van der Waals surface area contributed by atoms with E-state index in [-0.39, 0.29) is 5.91 Å². The van der Waals surface area contributed by atoms with Crippen LogP contribution in [0.3, 0.4) is 0 Å². The first-order valence-electron chi connectivity index (χ1n) is 9.75. The minimum absolute atomic E-state index is 0.00291. The zero-order chi connectivity index (χ0) is 19.8. The van der Waals surface area contributed by atoms with Crippen molar-refractivity contribution in [1.29, 1.82) is 0 Å². The predicted octanol–water partition coefficient (Wildman–Crippen LogP) is 4.23. The largest absolute Gasteiger partial charge is 0.301 e. The number of hydrogen-bond donors (Lipinski definition) is 1. The molecule has 0 saturated carbocycles. The van der Waals surface area contributed by atoms with Gasteiger partial charge in [-0.15, -0.1) is 0 Å². The fraction of sp³-hybridized carbons (Fsp3) is 0.273. The Bertz CT molecular complexity index is 999. The second kappa shape index (κ2) is 7.99. The van der Waals surface area contributed by atoms with Crippen molar-refractivity contribution < 1.29 is 4.79 Å². The molecule has 1 aliphatic carbocycles. The summed E-state index contributed by atoms with van der Waals surface area (Å²) in [6.45, 7) is 4.07. The van der Waals surface area contributed by atoms with E-state index in [4.69, 9.17) is 0 Å². The second-order valence-corrected chi connectivity index (χ2v) is 9.82.